The minimum atomic E-state index is -4.23. The SMILES string of the molecule is Nc1cc2oc(Nc3cccc(Cl)c3Cl)nc2c(O)c1S(N)(=O)=O. The van der Waals surface area contributed by atoms with E-state index >= 15 is 0 Å². The molecule has 0 saturated heterocycles. The van der Waals surface area contributed by atoms with Crippen molar-refractivity contribution in [3.8, 4) is 5.75 Å². The molecule has 0 fully saturated rings. The smallest absolute Gasteiger partial charge is 0.300 e. The van der Waals surface area contributed by atoms with Gasteiger partial charge in [0.25, 0.3) is 6.01 Å². The zero-order chi connectivity index (χ0) is 17.6. The number of phenolic OH excluding ortho intramolecular Hbond substituents is 1. The molecule has 0 aliphatic heterocycles. The first-order valence-corrected chi connectivity index (χ1v) is 8.64. The van der Waals surface area contributed by atoms with Gasteiger partial charge in [0.05, 0.1) is 21.4 Å². The van der Waals surface area contributed by atoms with Crippen molar-refractivity contribution in [1.29, 1.82) is 0 Å². The molecule has 0 spiro atoms. The molecule has 0 amide bonds. The van der Waals surface area contributed by atoms with Crippen LogP contribution in [0.3, 0.4) is 0 Å². The molecule has 3 rings (SSSR count). The monoisotopic (exact) mass is 388 g/mol. The van der Waals surface area contributed by atoms with E-state index in [4.69, 9.17) is 38.5 Å². The highest BCUT2D eigenvalue weighted by Crippen LogP contribution is 2.38. The second-order valence-electron chi connectivity index (χ2n) is 4.78. The molecule has 0 bridgehead atoms. The summed E-state index contributed by atoms with van der Waals surface area (Å²) in [6.07, 6.45) is 0. The molecule has 0 aliphatic rings. The number of hydrogen-bond donors (Lipinski definition) is 4. The van der Waals surface area contributed by atoms with Crippen molar-refractivity contribution in [2.24, 2.45) is 5.14 Å². The lowest BCUT2D eigenvalue weighted by Crippen LogP contribution is -2.14. The number of rotatable bonds is 3. The van der Waals surface area contributed by atoms with Crippen molar-refractivity contribution in [2.45, 2.75) is 4.90 Å². The summed E-state index contributed by atoms with van der Waals surface area (Å²) >= 11 is 12.0. The molecule has 1 heterocycles. The Morgan fingerprint density at radius 2 is 2.00 bits per heavy atom. The number of nitrogens with two attached hydrogens (primary N) is 2. The first-order chi connectivity index (χ1) is 11.2. The van der Waals surface area contributed by atoms with Crippen molar-refractivity contribution >= 4 is 61.7 Å². The van der Waals surface area contributed by atoms with Crippen LogP contribution < -0.4 is 16.2 Å². The Morgan fingerprint density at radius 3 is 2.67 bits per heavy atom. The van der Waals surface area contributed by atoms with Crippen LogP contribution in [0.2, 0.25) is 10.0 Å². The number of anilines is 3. The second-order valence-corrected chi connectivity index (χ2v) is 7.06. The van der Waals surface area contributed by atoms with Crippen LogP contribution in [0.4, 0.5) is 17.4 Å². The normalized spacial score (nSPS) is 11.8. The fraction of sp³-hybridized carbons (Fsp3) is 0. The highest BCUT2D eigenvalue weighted by Gasteiger charge is 2.24. The molecule has 0 radical (unpaired) electrons. The maximum atomic E-state index is 11.5. The van der Waals surface area contributed by atoms with Gasteiger partial charge >= 0.3 is 0 Å². The van der Waals surface area contributed by atoms with Crippen LogP contribution in [0.25, 0.3) is 11.1 Å². The summed E-state index contributed by atoms with van der Waals surface area (Å²) in [5, 5.41) is 18.5. The number of fused-ring (bicyclic) bond motifs is 1. The van der Waals surface area contributed by atoms with Gasteiger partial charge in [0.1, 0.15) is 4.90 Å². The summed E-state index contributed by atoms with van der Waals surface area (Å²) in [5.41, 5.74) is 5.72. The van der Waals surface area contributed by atoms with Gasteiger partial charge in [-0.3, -0.25) is 0 Å². The lowest BCUT2D eigenvalue weighted by molar-refractivity contribution is 0.465. The summed E-state index contributed by atoms with van der Waals surface area (Å²) in [7, 11) is -4.23. The van der Waals surface area contributed by atoms with Crippen molar-refractivity contribution in [3.05, 3.63) is 34.3 Å². The number of aromatic hydroxyl groups is 1. The number of halogens is 2. The van der Waals surface area contributed by atoms with Gasteiger partial charge in [-0.2, -0.15) is 4.98 Å². The number of benzene rings is 2. The maximum Gasteiger partial charge on any atom is 0.300 e. The Labute approximate surface area is 146 Å². The molecule has 24 heavy (non-hydrogen) atoms. The largest absolute Gasteiger partial charge is 0.504 e. The van der Waals surface area contributed by atoms with E-state index < -0.39 is 20.7 Å². The Bertz CT molecular complexity index is 1070. The minimum absolute atomic E-state index is 0.0459. The van der Waals surface area contributed by atoms with Crippen LogP contribution in [-0.2, 0) is 10.0 Å². The molecule has 0 unspecified atom stereocenters. The predicted octanol–water partition coefficient (Wildman–Crippen LogP) is 2.81. The van der Waals surface area contributed by atoms with Gasteiger partial charge in [0.15, 0.2) is 16.8 Å². The predicted molar refractivity (Wildman–Crippen MR) is 91.2 cm³/mol. The molecule has 8 nitrogen and oxygen atoms in total. The summed E-state index contributed by atoms with van der Waals surface area (Å²) < 4.78 is 28.5. The third kappa shape index (κ3) is 2.82. The number of nitrogens with one attached hydrogen (secondary N) is 1. The van der Waals surface area contributed by atoms with Crippen molar-refractivity contribution < 1.29 is 17.9 Å². The molecular weight excluding hydrogens is 379 g/mol. The average molecular weight is 389 g/mol. The van der Waals surface area contributed by atoms with E-state index in [-0.39, 0.29) is 27.8 Å². The fourth-order valence-corrected chi connectivity index (χ4v) is 3.22. The van der Waals surface area contributed by atoms with Crippen molar-refractivity contribution in [3.63, 3.8) is 0 Å². The van der Waals surface area contributed by atoms with E-state index in [1.165, 1.54) is 6.07 Å². The molecule has 0 atom stereocenters. The number of phenols is 1. The van der Waals surface area contributed by atoms with Gasteiger partial charge in [-0.25, -0.2) is 13.6 Å². The Kier molecular flexibility index (Phi) is 3.96. The van der Waals surface area contributed by atoms with Gasteiger partial charge in [0, 0.05) is 6.07 Å². The lowest BCUT2D eigenvalue weighted by Gasteiger charge is -2.05. The number of nitrogen functional groups attached to an aromatic ring is 1. The zero-order valence-corrected chi connectivity index (χ0v) is 14.1. The number of sulfonamides is 1. The van der Waals surface area contributed by atoms with Crippen LogP contribution in [0.5, 0.6) is 5.75 Å². The van der Waals surface area contributed by atoms with Crippen molar-refractivity contribution in [1.82, 2.24) is 4.98 Å². The summed E-state index contributed by atoms with van der Waals surface area (Å²) in [4.78, 5) is 3.37. The number of hydrogen-bond acceptors (Lipinski definition) is 7. The molecule has 126 valence electrons. The Hall–Kier alpha value is -2.20. The molecule has 6 N–H and O–H groups in total. The van der Waals surface area contributed by atoms with E-state index in [2.05, 4.69) is 10.3 Å². The van der Waals surface area contributed by atoms with E-state index in [0.29, 0.717) is 10.7 Å². The number of nitrogens with zero attached hydrogens (tertiary/aromatic N) is 1. The third-order valence-corrected chi connectivity index (χ3v) is 4.94. The van der Waals surface area contributed by atoms with E-state index in [1.807, 2.05) is 0 Å². The topological polar surface area (TPSA) is 144 Å². The van der Waals surface area contributed by atoms with E-state index in [1.54, 1.807) is 18.2 Å². The third-order valence-electron chi connectivity index (χ3n) is 3.12. The molecule has 3 aromatic rings. The fourth-order valence-electron chi connectivity index (χ4n) is 2.12. The second kappa shape index (κ2) is 5.71. The molecule has 11 heteroatoms. The average Bonchev–Trinajstić information content (AvgIpc) is 2.85. The molecule has 1 aromatic heterocycles. The maximum absolute atomic E-state index is 11.5. The lowest BCUT2D eigenvalue weighted by atomic mass is 10.2. The first kappa shape index (κ1) is 16.7. The van der Waals surface area contributed by atoms with Gasteiger partial charge in [0.2, 0.25) is 10.0 Å². The van der Waals surface area contributed by atoms with Crippen LogP contribution in [0.1, 0.15) is 0 Å². The van der Waals surface area contributed by atoms with Crippen molar-refractivity contribution in [2.75, 3.05) is 11.1 Å². The molecular formula is C13H10Cl2N4O4S. The van der Waals surface area contributed by atoms with E-state index in [9.17, 15) is 13.5 Å². The van der Waals surface area contributed by atoms with Gasteiger partial charge in [-0.1, -0.05) is 29.3 Å². The Morgan fingerprint density at radius 1 is 1.29 bits per heavy atom. The summed E-state index contributed by atoms with van der Waals surface area (Å²) in [5.74, 6) is -0.693. The van der Waals surface area contributed by atoms with Crippen LogP contribution in [-0.4, -0.2) is 18.5 Å². The minimum Gasteiger partial charge on any atom is -0.504 e. The number of primary sulfonamides is 1. The van der Waals surface area contributed by atoms with E-state index in [0.717, 1.165) is 0 Å². The molecule has 0 aliphatic carbocycles. The zero-order valence-electron chi connectivity index (χ0n) is 11.7. The van der Waals surface area contributed by atoms with Gasteiger partial charge < -0.3 is 20.6 Å². The first-order valence-electron chi connectivity index (χ1n) is 6.34. The number of aromatic nitrogens is 1. The number of oxazole rings is 1. The van der Waals surface area contributed by atoms with Gasteiger partial charge in [-0.15, -0.1) is 0 Å². The standard InChI is InChI=1S/C13H10Cl2N4O4S/c14-5-2-1-3-7(9(5)15)18-13-19-10-8(23-13)4-6(16)12(11(10)20)24(17,21)22/h1-4,20H,16H2,(H,18,19)(H2,17,21,22). The molecule has 0 saturated carbocycles. The van der Waals surface area contributed by atoms with Gasteiger partial charge in [-0.05, 0) is 12.1 Å². The summed E-state index contributed by atoms with van der Waals surface area (Å²) in [6, 6.07) is 6.05. The molecule has 2 aromatic carbocycles. The Balaban J connectivity index is 2.13. The highest BCUT2D eigenvalue weighted by atomic mass is 35.5. The highest BCUT2D eigenvalue weighted by molar-refractivity contribution is 7.89. The van der Waals surface area contributed by atoms with Crippen LogP contribution in [0, 0.1) is 0 Å². The van der Waals surface area contributed by atoms with Crippen LogP contribution >= 0.6 is 23.2 Å². The van der Waals surface area contributed by atoms with Crippen LogP contribution in [0.15, 0.2) is 33.6 Å². The summed E-state index contributed by atoms with van der Waals surface area (Å²) in [6.45, 7) is 0. The quantitative estimate of drug-likeness (QED) is 0.504.